The molecule has 4 aromatic rings. The topological polar surface area (TPSA) is 110 Å². The molecule has 3 amide bonds. The summed E-state index contributed by atoms with van der Waals surface area (Å²) >= 11 is 0. The minimum atomic E-state index is -1.13. The number of amides is 3. The molecule has 8 rings (SSSR count). The number of hydrogen-bond donors (Lipinski definition) is 1. The highest BCUT2D eigenvalue weighted by molar-refractivity contribution is 6.11. The molecule has 3 aliphatic carbocycles. The number of nitro benzene ring substituents is 1. The first kappa shape index (κ1) is 24.9. The predicted octanol–water partition coefficient (Wildman–Crippen LogP) is 5.04. The van der Waals surface area contributed by atoms with Gasteiger partial charge in [-0.2, -0.15) is 0 Å². The van der Waals surface area contributed by atoms with Crippen LogP contribution in [0.3, 0.4) is 0 Å². The second kappa shape index (κ2) is 9.52. The highest BCUT2D eigenvalue weighted by Crippen LogP contribution is 2.61. The molecule has 8 nitrogen and oxygen atoms in total. The van der Waals surface area contributed by atoms with Gasteiger partial charge in [0, 0.05) is 36.1 Å². The van der Waals surface area contributed by atoms with Gasteiger partial charge in [-0.1, -0.05) is 84.9 Å². The largest absolute Gasteiger partial charge is 0.324 e. The summed E-state index contributed by atoms with van der Waals surface area (Å²) in [5, 5.41) is 14.0. The zero-order chi connectivity index (χ0) is 28.2. The summed E-state index contributed by atoms with van der Waals surface area (Å²) in [7, 11) is 0. The van der Waals surface area contributed by atoms with E-state index in [4.69, 9.17) is 0 Å². The summed E-state index contributed by atoms with van der Waals surface area (Å²) in [5.74, 6) is -3.06. The minimum absolute atomic E-state index is 0.119. The number of carbonyl (C=O) groups excluding carboxylic acids is 3. The number of anilines is 1. The van der Waals surface area contributed by atoms with E-state index < -0.39 is 28.7 Å². The van der Waals surface area contributed by atoms with E-state index >= 15 is 0 Å². The molecular weight excluding hydrogens is 518 g/mol. The van der Waals surface area contributed by atoms with Gasteiger partial charge in [-0.3, -0.25) is 29.4 Å². The van der Waals surface area contributed by atoms with Crippen LogP contribution in [0.1, 0.15) is 39.7 Å². The Bertz CT molecular complexity index is 1620. The summed E-state index contributed by atoms with van der Waals surface area (Å²) in [6.45, 7) is 0. The molecule has 1 N–H and O–H groups in total. The van der Waals surface area contributed by atoms with Crippen LogP contribution < -0.4 is 5.32 Å². The van der Waals surface area contributed by atoms with Gasteiger partial charge in [0.05, 0.1) is 16.8 Å². The maximum Gasteiger partial charge on any atom is 0.271 e. The van der Waals surface area contributed by atoms with E-state index in [9.17, 15) is 24.5 Å². The Balaban J connectivity index is 1.30. The summed E-state index contributed by atoms with van der Waals surface area (Å²) in [6, 6.07) is 29.7. The number of nitrogens with zero attached hydrogens (tertiary/aromatic N) is 2. The van der Waals surface area contributed by atoms with Crippen LogP contribution in [0.25, 0.3) is 0 Å². The predicted molar refractivity (Wildman–Crippen MR) is 151 cm³/mol. The van der Waals surface area contributed by atoms with E-state index in [1.54, 1.807) is 6.07 Å². The lowest BCUT2D eigenvalue weighted by Crippen LogP contribution is -2.49. The van der Waals surface area contributed by atoms with Crippen LogP contribution in [0.2, 0.25) is 0 Å². The van der Waals surface area contributed by atoms with Crippen molar-refractivity contribution < 1.29 is 19.3 Å². The molecule has 2 bridgehead atoms. The first-order valence-corrected chi connectivity index (χ1v) is 13.6. The Morgan fingerprint density at radius 3 is 1.78 bits per heavy atom. The Hall–Kier alpha value is -5.11. The highest BCUT2D eigenvalue weighted by Gasteiger charge is 2.63. The van der Waals surface area contributed by atoms with Gasteiger partial charge in [0.2, 0.25) is 17.7 Å². The van der Waals surface area contributed by atoms with Gasteiger partial charge < -0.3 is 5.32 Å². The third-order valence-electron chi connectivity index (χ3n) is 8.69. The van der Waals surface area contributed by atoms with E-state index in [0.717, 1.165) is 27.8 Å². The molecule has 1 aliphatic heterocycles. The number of nitro groups is 1. The molecule has 3 atom stereocenters. The lowest BCUT2D eigenvalue weighted by atomic mass is 9.55. The Morgan fingerprint density at radius 2 is 1.27 bits per heavy atom. The van der Waals surface area contributed by atoms with Gasteiger partial charge in [0.25, 0.3) is 5.69 Å². The smallest absolute Gasteiger partial charge is 0.271 e. The molecule has 202 valence electrons. The standard InChI is InChI=1S/C33H25N3O5/c37-31(34-20-11-8-12-21(18-20)36(40)41)26(17-19-9-2-1-3-10-19)35-32(38)29-27-22-13-4-5-14-23(22)28(30(29)33(35)39)25-16-7-6-15-24(25)27/h1-16,18,26-30H,17H2,(H,34,37)/t26-,27?,28?,29-,30-/m0/s1. The lowest BCUT2D eigenvalue weighted by molar-refractivity contribution is -0.384. The van der Waals surface area contributed by atoms with Crippen molar-refractivity contribution in [2.24, 2.45) is 11.8 Å². The van der Waals surface area contributed by atoms with Crippen LogP contribution >= 0.6 is 0 Å². The molecule has 0 aromatic heterocycles. The van der Waals surface area contributed by atoms with Crippen LogP contribution in [-0.4, -0.2) is 33.6 Å². The van der Waals surface area contributed by atoms with E-state index in [2.05, 4.69) is 5.32 Å². The van der Waals surface area contributed by atoms with Crippen molar-refractivity contribution >= 4 is 29.1 Å². The Labute approximate surface area is 235 Å². The summed E-state index contributed by atoms with van der Waals surface area (Å²) < 4.78 is 0. The summed E-state index contributed by atoms with van der Waals surface area (Å²) in [6.07, 6.45) is 0.119. The summed E-state index contributed by atoms with van der Waals surface area (Å²) in [5.41, 5.74) is 5.06. The molecule has 4 aromatic carbocycles. The number of likely N-dealkylation sites (tertiary alicyclic amines) is 1. The number of imide groups is 1. The molecule has 1 fully saturated rings. The Morgan fingerprint density at radius 1 is 0.756 bits per heavy atom. The van der Waals surface area contributed by atoms with Gasteiger partial charge in [0.1, 0.15) is 6.04 Å². The van der Waals surface area contributed by atoms with Crippen LogP contribution in [0.5, 0.6) is 0 Å². The van der Waals surface area contributed by atoms with Crippen molar-refractivity contribution in [3.8, 4) is 0 Å². The Kier molecular flexibility index (Phi) is 5.78. The van der Waals surface area contributed by atoms with Gasteiger partial charge in [-0.25, -0.2) is 0 Å². The van der Waals surface area contributed by atoms with E-state index in [0.29, 0.717) is 0 Å². The molecule has 41 heavy (non-hydrogen) atoms. The molecule has 0 saturated carbocycles. The average Bonchev–Trinajstić information content (AvgIpc) is 3.26. The fourth-order valence-corrected chi connectivity index (χ4v) is 7.07. The number of benzene rings is 4. The van der Waals surface area contributed by atoms with Crippen molar-refractivity contribution in [1.29, 1.82) is 0 Å². The first-order chi connectivity index (χ1) is 19.9. The molecule has 8 heteroatoms. The van der Waals surface area contributed by atoms with Crippen molar-refractivity contribution in [3.63, 3.8) is 0 Å². The number of rotatable bonds is 6. The van der Waals surface area contributed by atoms with Gasteiger partial charge >= 0.3 is 0 Å². The van der Waals surface area contributed by atoms with E-state index in [1.165, 1.54) is 23.1 Å². The third-order valence-corrected chi connectivity index (χ3v) is 8.69. The average molecular weight is 544 g/mol. The highest BCUT2D eigenvalue weighted by atomic mass is 16.6. The fourth-order valence-electron chi connectivity index (χ4n) is 7.07. The zero-order valence-electron chi connectivity index (χ0n) is 21.8. The van der Waals surface area contributed by atoms with Gasteiger partial charge in [-0.05, 0) is 33.9 Å². The van der Waals surface area contributed by atoms with Crippen molar-refractivity contribution in [2.45, 2.75) is 24.3 Å². The SMILES string of the molecule is O=C(Nc1cccc([N+](=O)[O-])c1)[C@H](Cc1ccccc1)N1C(=O)[C@H]2C3c4ccccc4C(c4ccccc43)[C@@H]2C1=O. The third kappa shape index (κ3) is 3.86. The van der Waals surface area contributed by atoms with Crippen LogP contribution in [0.15, 0.2) is 103 Å². The summed E-state index contributed by atoms with van der Waals surface area (Å²) in [4.78, 5) is 54.5. The second-order valence-electron chi connectivity index (χ2n) is 10.8. The monoisotopic (exact) mass is 543 g/mol. The fraction of sp³-hybridized carbons (Fsp3) is 0.182. The number of carbonyl (C=O) groups is 3. The number of non-ortho nitro benzene ring substituents is 1. The molecule has 1 saturated heterocycles. The van der Waals surface area contributed by atoms with Crippen molar-refractivity contribution in [2.75, 3.05) is 5.32 Å². The maximum atomic E-state index is 14.3. The molecule has 4 aliphatic rings. The zero-order valence-corrected chi connectivity index (χ0v) is 21.8. The molecule has 0 unspecified atom stereocenters. The second-order valence-corrected chi connectivity index (χ2v) is 10.8. The first-order valence-electron chi connectivity index (χ1n) is 13.6. The number of hydrogen-bond acceptors (Lipinski definition) is 5. The van der Waals surface area contributed by atoms with Crippen LogP contribution in [0, 0.1) is 22.0 Å². The maximum absolute atomic E-state index is 14.3. The molecule has 0 spiro atoms. The van der Waals surface area contributed by atoms with Crippen molar-refractivity contribution in [3.05, 3.63) is 141 Å². The van der Waals surface area contributed by atoms with Crippen LogP contribution in [-0.2, 0) is 20.8 Å². The van der Waals surface area contributed by atoms with E-state index in [1.807, 2.05) is 78.9 Å². The molecule has 0 radical (unpaired) electrons. The molecule has 1 heterocycles. The quantitative estimate of drug-likeness (QED) is 0.208. The normalized spacial score (nSPS) is 22.5. The minimum Gasteiger partial charge on any atom is -0.324 e. The molecular formula is C33H25N3O5. The van der Waals surface area contributed by atoms with Gasteiger partial charge in [-0.15, -0.1) is 0 Å². The number of nitrogens with one attached hydrogen (secondary N) is 1. The van der Waals surface area contributed by atoms with Crippen molar-refractivity contribution in [1.82, 2.24) is 4.90 Å². The van der Waals surface area contributed by atoms with E-state index in [-0.39, 0.29) is 41.4 Å². The van der Waals surface area contributed by atoms with Gasteiger partial charge in [0.15, 0.2) is 0 Å². The van der Waals surface area contributed by atoms with Crippen LogP contribution in [0.4, 0.5) is 11.4 Å². The lowest BCUT2D eigenvalue weighted by Gasteiger charge is -2.45.